The second-order valence-corrected chi connectivity index (χ2v) is 5.07. The van der Waals surface area contributed by atoms with E-state index in [2.05, 4.69) is 21.4 Å². The SMILES string of the molecule is Cc1cccc(C(NN)c2ccc(F)c(F)c2Br)c1. The monoisotopic (exact) mass is 326 g/mol. The Morgan fingerprint density at radius 1 is 1.21 bits per heavy atom. The zero-order chi connectivity index (χ0) is 14.0. The number of aryl methyl sites for hydroxylation is 1. The topological polar surface area (TPSA) is 38.0 Å². The van der Waals surface area contributed by atoms with E-state index in [1.54, 1.807) is 0 Å². The number of benzene rings is 2. The summed E-state index contributed by atoms with van der Waals surface area (Å²) in [4.78, 5) is 0. The molecule has 1 atom stereocenters. The molecule has 0 aromatic heterocycles. The van der Waals surface area contributed by atoms with Gasteiger partial charge in [-0.05, 0) is 40.0 Å². The van der Waals surface area contributed by atoms with Crippen LogP contribution in [0.2, 0.25) is 0 Å². The maximum absolute atomic E-state index is 13.6. The first-order valence-electron chi connectivity index (χ1n) is 5.70. The van der Waals surface area contributed by atoms with E-state index in [-0.39, 0.29) is 4.47 Å². The van der Waals surface area contributed by atoms with Crippen LogP contribution in [0, 0.1) is 18.6 Å². The van der Waals surface area contributed by atoms with Crippen molar-refractivity contribution in [1.82, 2.24) is 5.43 Å². The molecule has 0 saturated heterocycles. The normalized spacial score (nSPS) is 12.5. The molecule has 1 unspecified atom stereocenters. The Morgan fingerprint density at radius 2 is 1.95 bits per heavy atom. The molecule has 2 rings (SSSR count). The highest BCUT2D eigenvalue weighted by Gasteiger charge is 2.19. The van der Waals surface area contributed by atoms with E-state index < -0.39 is 17.7 Å². The van der Waals surface area contributed by atoms with E-state index >= 15 is 0 Å². The van der Waals surface area contributed by atoms with Crippen molar-refractivity contribution in [1.29, 1.82) is 0 Å². The van der Waals surface area contributed by atoms with Gasteiger partial charge in [-0.3, -0.25) is 5.84 Å². The second kappa shape index (κ2) is 5.77. The van der Waals surface area contributed by atoms with Crippen molar-refractivity contribution in [2.24, 2.45) is 5.84 Å². The summed E-state index contributed by atoms with van der Waals surface area (Å²) in [6, 6.07) is 9.86. The van der Waals surface area contributed by atoms with E-state index in [0.717, 1.165) is 17.2 Å². The van der Waals surface area contributed by atoms with Gasteiger partial charge in [0.25, 0.3) is 0 Å². The molecular weight excluding hydrogens is 314 g/mol. The van der Waals surface area contributed by atoms with Gasteiger partial charge >= 0.3 is 0 Å². The minimum atomic E-state index is -0.912. The molecule has 0 heterocycles. The van der Waals surface area contributed by atoms with Gasteiger partial charge in [0.2, 0.25) is 0 Å². The van der Waals surface area contributed by atoms with Crippen LogP contribution in [-0.4, -0.2) is 0 Å². The molecule has 0 saturated carbocycles. The fourth-order valence-electron chi connectivity index (χ4n) is 1.98. The summed E-state index contributed by atoms with van der Waals surface area (Å²) in [5.41, 5.74) is 5.13. The van der Waals surface area contributed by atoms with Gasteiger partial charge in [-0.15, -0.1) is 0 Å². The first-order valence-corrected chi connectivity index (χ1v) is 6.50. The molecular formula is C14H13BrF2N2. The summed E-state index contributed by atoms with van der Waals surface area (Å²) in [6.07, 6.45) is 0. The van der Waals surface area contributed by atoms with E-state index in [0.29, 0.717) is 5.56 Å². The average molecular weight is 327 g/mol. The number of nitrogens with two attached hydrogens (primary N) is 1. The molecule has 0 aliphatic heterocycles. The van der Waals surface area contributed by atoms with E-state index in [4.69, 9.17) is 5.84 Å². The van der Waals surface area contributed by atoms with Gasteiger partial charge in [0.15, 0.2) is 11.6 Å². The highest BCUT2D eigenvalue weighted by Crippen LogP contribution is 2.31. The van der Waals surface area contributed by atoms with Gasteiger partial charge in [-0.1, -0.05) is 35.9 Å². The molecule has 2 aromatic rings. The number of halogens is 3. The van der Waals surface area contributed by atoms with Gasteiger partial charge in [0, 0.05) is 0 Å². The lowest BCUT2D eigenvalue weighted by Gasteiger charge is -2.19. The van der Waals surface area contributed by atoms with Crippen LogP contribution in [0.15, 0.2) is 40.9 Å². The fourth-order valence-corrected chi connectivity index (χ4v) is 2.53. The molecule has 0 amide bonds. The number of rotatable bonds is 3. The summed E-state index contributed by atoms with van der Waals surface area (Å²) < 4.78 is 26.8. The first-order chi connectivity index (χ1) is 9.04. The van der Waals surface area contributed by atoms with Crippen molar-refractivity contribution >= 4 is 15.9 Å². The minimum absolute atomic E-state index is 0.0805. The molecule has 0 aliphatic rings. The minimum Gasteiger partial charge on any atom is -0.271 e. The van der Waals surface area contributed by atoms with Crippen LogP contribution in [0.4, 0.5) is 8.78 Å². The Morgan fingerprint density at radius 3 is 2.58 bits per heavy atom. The van der Waals surface area contributed by atoms with Gasteiger partial charge in [-0.2, -0.15) is 0 Å². The average Bonchev–Trinajstić information content (AvgIpc) is 2.40. The Kier molecular flexibility index (Phi) is 4.29. The number of hydrogen-bond acceptors (Lipinski definition) is 2. The Hall–Kier alpha value is -1.30. The van der Waals surface area contributed by atoms with Gasteiger partial charge in [0.1, 0.15) is 0 Å². The van der Waals surface area contributed by atoms with Gasteiger partial charge in [-0.25, -0.2) is 14.2 Å². The van der Waals surface area contributed by atoms with Crippen molar-refractivity contribution in [3.05, 3.63) is 69.2 Å². The largest absolute Gasteiger partial charge is 0.271 e. The fraction of sp³-hybridized carbons (Fsp3) is 0.143. The van der Waals surface area contributed by atoms with Crippen LogP contribution in [0.1, 0.15) is 22.7 Å². The van der Waals surface area contributed by atoms with Gasteiger partial charge in [0.05, 0.1) is 10.5 Å². The molecule has 100 valence electrons. The summed E-state index contributed by atoms with van der Waals surface area (Å²) >= 11 is 3.08. The third kappa shape index (κ3) is 2.83. The summed E-state index contributed by atoms with van der Waals surface area (Å²) in [5, 5.41) is 0. The van der Waals surface area contributed by atoms with Crippen LogP contribution >= 0.6 is 15.9 Å². The van der Waals surface area contributed by atoms with Crippen molar-refractivity contribution in [3.63, 3.8) is 0 Å². The number of hydrazine groups is 1. The lowest BCUT2D eigenvalue weighted by Crippen LogP contribution is -2.29. The third-order valence-corrected chi connectivity index (χ3v) is 3.72. The number of hydrogen-bond donors (Lipinski definition) is 2. The van der Waals surface area contributed by atoms with Crippen molar-refractivity contribution in [2.75, 3.05) is 0 Å². The maximum atomic E-state index is 13.6. The molecule has 0 bridgehead atoms. The summed E-state index contributed by atoms with van der Waals surface area (Å²) in [6.45, 7) is 1.96. The predicted molar refractivity (Wildman–Crippen MR) is 74.4 cm³/mol. The molecule has 19 heavy (non-hydrogen) atoms. The molecule has 2 nitrogen and oxygen atoms in total. The molecule has 0 fully saturated rings. The van der Waals surface area contributed by atoms with Crippen LogP contribution in [0.25, 0.3) is 0 Å². The maximum Gasteiger partial charge on any atom is 0.173 e. The molecule has 3 N–H and O–H groups in total. The predicted octanol–water partition coefficient (Wildman–Crippen LogP) is 3.59. The number of nitrogens with one attached hydrogen (secondary N) is 1. The van der Waals surface area contributed by atoms with Crippen LogP contribution in [0.3, 0.4) is 0 Å². The molecule has 5 heteroatoms. The Bertz CT molecular complexity index is 602. The van der Waals surface area contributed by atoms with E-state index in [1.807, 2.05) is 31.2 Å². The Labute approximate surface area is 118 Å². The van der Waals surface area contributed by atoms with Crippen LogP contribution in [-0.2, 0) is 0 Å². The zero-order valence-corrected chi connectivity index (χ0v) is 11.8. The second-order valence-electron chi connectivity index (χ2n) is 4.28. The summed E-state index contributed by atoms with van der Waals surface area (Å²) in [7, 11) is 0. The lowest BCUT2D eigenvalue weighted by molar-refractivity contribution is 0.498. The van der Waals surface area contributed by atoms with Crippen LogP contribution in [0.5, 0.6) is 0 Å². The molecule has 0 radical (unpaired) electrons. The summed E-state index contributed by atoms with van der Waals surface area (Å²) in [5.74, 6) is 3.75. The van der Waals surface area contributed by atoms with E-state index in [1.165, 1.54) is 6.07 Å². The van der Waals surface area contributed by atoms with Crippen molar-refractivity contribution in [3.8, 4) is 0 Å². The first kappa shape index (κ1) is 14.1. The molecule has 0 spiro atoms. The van der Waals surface area contributed by atoms with Crippen molar-refractivity contribution < 1.29 is 8.78 Å². The zero-order valence-electron chi connectivity index (χ0n) is 10.3. The Balaban J connectivity index is 2.51. The molecule has 2 aromatic carbocycles. The smallest absolute Gasteiger partial charge is 0.173 e. The lowest BCUT2D eigenvalue weighted by atomic mass is 9.98. The van der Waals surface area contributed by atoms with Crippen molar-refractivity contribution in [2.45, 2.75) is 13.0 Å². The highest BCUT2D eigenvalue weighted by molar-refractivity contribution is 9.10. The van der Waals surface area contributed by atoms with E-state index in [9.17, 15) is 8.78 Å². The third-order valence-electron chi connectivity index (χ3n) is 2.92. The van der Waals surface area contributed by atoms with Crippen LogP contribution < -0.4 is 11.3 Å². The van der Waals surface area contributed by atoms with Gasteiger partial charge < -0.3 is 0 Å². The standard InChI is InChI=1S/C14H13BrF2N2/c1-8-3-2-4-9(7-8)14(19-18)10-5-6-11(16)13(17)12(10)15/h2-7,14,19H,18H2,1H3. The quantitative estimate of drug-likeness (QED) is 0.514. The highest BCUT2D eigenvalue weighted by atomic mass is 79.9. The molecule has 0 aliphatic carbocycles.